The first-order valence-corrected chi connectivity index (χ1v) is 5.81. The number of benzene rings is 1. The highest BCUT2D eigenvalue weighted by Crippen LogP contribution is 2.34. The van der Waals surface area contributed by atoms with Crippen molar-refractivity contribution >= 4 is 5.69 Å². The molecule has 0 spiro atoms. The van der Waals surface area contributed by atoms with E-state index in [1.165, 1.54) is 24.1 Å². The molecule has 2 heteroatoms. The van der Waals surface area contributed by atoms with Crippen molar-refractivity contribution in [1.29, 1.82) is 0 Å². The second-order valence-corrected chi connectivity index (χ2v) is 4.42. The first kappa shape index (κ1) is 10.5. The number of nitrogens with two attached hydrogens (primary N) is 1. The van der Waals surface area contributed by atoms with E-state index in [9.17, 15) is 0 Å². The van der Waals surface area contributed by atoms with E-state index in [4.69, 9.17) is 5.73 Å². The third-order valence-electron chi connectivity index (χ3n) is 3.25. The lowest BCUT2D eigenvalue weighted by atomic mass is 10.0. The van der Waals surface area contributed by atoms with Gasteiger partial charge in [0, 0.05) is 24.8 Å². The number of para-hydroxylation sites is 1. The van der Waals surface area contributed by atoms with Gasteiger partial charge in [-0.3, -0.25) is 0 Å². The predicted molar refractivity (Wildman–Crippen MR) is 65.1 cm³/mol. The van der Waals surface area contributed by atoms with Crippen molar-refractivity contribution in [3.63, 3.8) is 0 Å². The summed E-state index contributed by atoms with van der Waals surface area (Å²) in [5.74, 6) is 0. The van der Waals surface area contributed by atoms with Crippen LogP contribution in [0, 0.1) is 0 Å². The maximum absolute atomic E-state index is 6.13. The Morgan fingerprint density at radius 3 is 2.67 bits per heavy atom. The zero-order valence-electron chi connectivity index (χ0n) is 9.61. The lowest BCUT2D eigenvalue weighted by Gasteiger charge is -2.24. The van der Waals surface area contributed by atoms with Gasteiger partial charge in [-0.1, -0.05) is 25.1 Å². The van der Waals surface area contributed by atoms with Gasteiger partial charge in [-0.05, 0) is 30.9 Å². The third kappa shape index (κ3) is 2.15. The Hall–Kier alpha value is -1.02. The topological polar surface area (TPSA) is 29.3 Å². The molecular formula is C13H20N2. The minimum atomic E-state index is 0.169. The minimum Gasteiger partial charge on any atom is -0.371 e. The summed E-state index contributed by atoms with van der Waals surface area (Å²) < 4.78 is 0. The zero-order chi connectivity index (χ0) is 10.8. The molecule has 0 heterocycles. The second-order valence-electron chi connectivity index (χ2n) is 4.42. The Labute approximate surface area is 92.1 Å². The van der Waals surface area contributed by atoms with Crippen molar-refractivity contribution in [2.75, 3.05) is 11.9 Å². The summed E-state index contributed by atoms with van der Waals surface area (Å²) in [5, 5.41) is 0. The molecule has 2 N–H and O–H groups in total. The van der Waals surface area contributed by atoms with E-state index >= 15 is 0 Å². The quantitative estimate of drug-likeness (QED) is 0.817. The lowest BCUT2D eigenvalue weighted by Crippen LogP contribution is -2.23. The Morgan fingerprint density at radius 2 is 2.07 bits per heavy atom. The summed E-state index contributed by atoms with van der Waals surface area (Å²) in [4.78, 5) is 2.38. The summed E-state index contributed by atoms with van der Waals surface area (Å²) in [7, 11) is 2.18. The maximum atomic E-state index is 6.13. The van der Waals surface area contributed by atoms with Crippen molar-refractivity contribution in [2.45, 2.75) is 38.3 Å². The van der Waals surface area contributed by atoms with Crippen LogP contribution in [0.15, 0.2) is 24.3 Å². The minimum absolute atomic E-state index is 0.169. The average Bonchev–Trinajstić information content (AvgIpc) is 3.11. The summed E-state index contributed by atoms with van der Waals surface area (Å²) >= 11 is 0. The van der Waals surface area contributed by atoms with Crippen molar-refractivity contribution in [1.82, 2.24) is 0 Å². The molecule has 82 valence electrons. The van der Waals surface area contributed by atoms with E-state index < -0.39 is 0 Å². The molecule has 1 aromatic rings. The number of hydrogen-bond donors (Lipinski definition) is 1. The Morgan fingerprint density at radius 1 is 1.40 bits per heavy atom. The molecule has 0 aliphatic heterocycles. The molecule has 0 bridgehead atoms. The summed E-state index contributed by atoms with van der Waals surface area (Å²) in [6.07, 6.45) is 3.65. The number of anilines is 1. The molecule has 1 saturated carbocycles. The fraction of sp³-hybridized carbons (Fsp3) is 0.538. The van der Waals surface area contributed by atoms with Gasteiger partial charge < -0.3 is 10.6 Å². The summed E-state index contributed by atoms with van der Waals surface area (Å²) in [6.45, 7) is 2.14. The van der Waals surface area contributed by atoms with Gasteiger partial charge in [-0.2, -0.15) is 0 Å². The van der Waals surface area contributed by atoms with Crippen molar-refractivity contribution < 1.29 is 0 Å². The largest absolute Gasteiger partial charge is 0.371 e. The molecule has 0 amide bonds. The number of rotatable bonds is 4. The van der Waals surface area contributed by atoms with E-state index in [1.807, 2.05) is 0 Å². The number of hydrogen-bond acceptors (Lipinski definition) is 2. The molecule has 1 unspecified atom stereocenters. The SMILES string of the molecule is CCC(N)c1ccccc1N(C)C1CC1. The van der Waals surface area contributed by atoms with Crippen LogP contribution in [0.2, 0.25) is 0 Å². The Bertz CT molecular complexity index is 331. The second kappa shape index (κ2) is 4.23. The maximum Gasteiger partial charge on any atom is 0.0414 e. The zero-order valence-corrected chi connectivity index (χ0v) is 9.61. The molecule has 1 fully saturated rings. The van der Waals surface area contributed by atoms with Crippen LogP contribution in [0.25, 0.3) is 0 Å². The van der Waals surface area contributed by atoms with Crippen molar-refractivity contribution in [3.05, 3.63) is 29.8 Å². The molecule has 15 heavy (non-hydrogen) atoms. The molecule has 0 saturated heterocycles. The van der Waals surface area contributed by atoms with Gasteiger partial charge >= 0.3 is 0 Å². The molecule has 1 aliphatic rings. The molecule has 0 aromatic heterocycles. The average molecular weight is 204 g/mol. The molecule has 0 radical (unpaired) electrons. The van der Waals surface area contributed by atoms with E-state index in [0.717, 1.165) is 12.5 Å². The van der Waals surface area contributed by atoms with Crippen LogP contribution in [0.5, 0.6) is 0 Å². The van der Waals surface area contributed by atoms with Crippen LogP contribution in [-0.4, -0.2) is 13.1 Å². The van der Waals surface area contributed by atoms with Crippen LogP contribution in [0.1, 0.15) is 37.8 Å². The van der Waals surface area contributed by atoms with Crippen LogP contribution < -0.4 is 10.6 Å². The van der Waals surface area contributed by atoms with Crippen LogP contribution in [0.4, 0.5) is 5.69 Å². The van der Waals surface area contributed by atoms with Gasteiger partial charge in [0.05, 0.1) is 0 Å². The number of nitrogens with zero attached hydrogens (tertiary/aromatic N) is 1. The van der Waals surface area contributed by atoms with E-state index in [1.54, 1.807) is 0 Å². The molecule has 1 atom stereocenters. The predicted octanol–water partition coefficient (Wildman–Crippen LogP) is 2.70. The Kier molecular flexibility index (Phi) is 2.96. The molecule has 1 aromatic carbocycles. The van der Waals surface area contributed by atoms with E-state index in [0.29, 0.717) is 0 Å². The first-order valence-electron chi connectivity index (χ1n) is 5.81. The Balaban J connectivity index is 2.27. The van der Waals surface area contributed by atoms with Crippen LogP contribution in [0.3, 0.4) is 0 Å². The normalized spacial score (nSPS) is 17.5. The fourth-order valence-corrected chi connectivity index (χ4v) is 2.00. The molecule has 1 aliphatic carbocycles. The highest BCUT2D eigenvalue weighted by Gasteiger charge is 2.27. The van der Waals surface area contributed by atoms with E-state index in [-0.39, 0.29) is 6.04 Å². The van der Waals surface area contributed by atoms with E-state index in [2.05, 4.69) is 43.1 Å². The van der Waals surface area contributed by atoms with Gasteiger partial charge in [-0.25, -0.2) is 0 Å². The smallest absolute Gasteiger partial charge is 0.0414 e. The van der Waals surface area contributed by atoms with Crippen LogP contribution in [-0.2, 0) is 0 Å². The monoisotopic (exact) mass is 204 g/mol. The third-order valence-corrected chi connectivity index (χ3v) is 3.25. The van der Waals surface area contributed by atoms with Gasteiger partial charge in [0.25, 0.3) is 0 Å². The lowest BCUT2D eigenvalue weighted by molar-refractivity contribution is 0.694. The molecule has 2 nitrogen and oxygen atoms in total. The molecular weight excluding hydrogens is 184 g/mol. The van der Waals surface area contributed by atoms with Gasteiger partial charge in [0.1, 0.15) is 0 Å². The highest BCUT2D eigenvalue weighted by molar-refractivity contribution is 5.55. The first-order chi connectivity index (χ1) is 7.24. The summed E-state index contributed by atoms with van der Waals surface area (Å²) in [6, 6.07) is 9.43. The fourth-order valence-electron chi connectivity index (χ4n) is 2.00. The highest BCUT2D eigenvalue weighted by atomic mass is 15.2. The standard InChI is InChI=1S/C13H20N2/c1-3-12(14)11-6-4-5-7-13(11)15(2)10-8-9-10/h4-7,10,12H,3,8-9,14H2,1-2H3. The van der Waals surface area contributed by atoms with Gasteiger partial charge in [-0.15, -0.1) is 0 Å². The summed E-state index contributed by atoms with van der Waals surface area (Å²) in [5.41, 5.74) is 8.73. The van der Waals surface area contributed by atoms with Gasteiger partial charge in [0.2, 0.25) is 0 Å². The van der Waals surface area contributed by atoms with Crippen molar-refractivity contribution in [2.24, 2.45) is 5.73 Å². The van der Waals surface area contributed by atoms with Crippen molar-refractivity contribution in [3.8, 4) is 0 Å². The van der Waals surface area contributed by atoms with Crippen LogP contribution >= 0.6 is 0 Å². The van der Waals surface area contributed by atoms with Gasteiger partial charge in [0.15, 0.2) is 0 Å². The molecule has 2 rings (SSSR count).